The van der Waals surface area contributed by atoms with E-state index in [9.17, 15) is 18.0 Å². The molecule has 1 N–H and O–H groups in total. The number of nitrogens with zero attached hydrogens (tertiary/aromatic N) is 3. The Morgan fingerprint density at radius 2 is 1.78 bits per heavy atom. The Labute approximate surface area is 182 Å². The van der Waals surface area contributed by atoms with E-state index in [1.165, 1.54) is 0 Å². The molecule has 5 rings (SSSR count). The normalized spacial score (nSPS) is 19.6. The summed E-state index contributed by atoms with van der Waals surface area (Å²) in [7, 11) is 0. The summed E-state index contributed by atoms with van der Waals surface area (Å²) in [5.74, 6) is -0.413. The van der Waals surface area contributed by atoms with Crippen molar-refractivity contribution in [3.8, 4) is 11.4 Å². The molecule has 1 aliphatic rings. The average molecular weight is 440 g/mol. The van der Waals surface area contributed by atoms with Crippen LogP contribution in [0.25, 0.3) is 27.7 Å². The van der Waals surface area contributed by atoms with Gasteiger partial charge in [-0.1, -0.05) is 49.4 Å². The van der Waals surface area contributed by atoms with Gasteiger partial charge in [0.1, 0.15) is 5.82 Å². The molecule has 8 heteroatoms. The maximum Gasteiger partial charge on any atom is 0.391 e. The lowest BCUT2D eigenvalue weighted by Gasteiger charge is -2.29. The number of benzene rings is 2. The Balaban J connectivity index is 1.63. The zero-order valence-electron chi connectivity index (χ0n) is 17.6. The van der Waals surface area contributed by atoms with E-state index in [0.717, 1.165) is 16.3 Å². The van der Waals surface area contributed by atoms with E-state index >= 15 is 0 Å². The van der Waals surface area contributed by atoms with Crippen molar-refractivity contribution in [2.24, 2.45) is 5.92 Å². The van der Waals surface area contributed by atoms with Crippen LogP contribution in [-0.4, -0.2) is 25.8 Å². The third-order valence-electron chi connectivity index (χ3n) is 6.53. The molecule has 166 valence electrons. The van der Waals surface area contributed by atoms with Gasteiger partial charge in [0, 0.05) is 11.5 Å². The molecule has 0 atom stereocenters. The maximum atomic E-state index is 13.1. The number of fused-ring (bicyclic) bond motifs is 2. The van der Waals surface area contributed by atoms with Gasteiger partial charge in [-0.05, 0) is 42.9 Å². The van der Waals surface area contributed by atoms with Crippen LogP contribution < -0.4 is 5.56 Å². The molecule has 0 unspecified atom stereocenters. The second-order valence-electron chi connectivity index (χ2n) is 8.45. The molecule has 0 amide bonds. The van der Waals surface area contributed by atoms with Gasteiger partial charge in [0.05, 0.1) is 11.6 Å². The van der Waals surface area contributed by atoms with Gasteiger partial charge in [0.2, 0.25) is 0 Å². The number of H-pyrrole nitrogens is 1. The summed E-state index contributed by atoms with van der Waals surface area (Å²) in [5, 5.41) is 6.73. The fraction of sp³-hybridized carbons (Fsp3) is 0.375. The first-order valence-electron chi connectivity index (χ1n) is 10.9. The zero-order valence-corrected chi connectivity index (χ0v) is 17.6. The van der Waals surface area contributed by atoms with Crippen molar-refractivity contribution >= 4 is 16.3 Å². The minimum atomic E-state index is -4.16. The molecule has 0 bridgehead atoms. The minimum Gasteiger partial charge on any atom is -0.303 e. The van der Waals surface area contributed by atoms with Crippen molar-refractivity contribution < 1.29 is 13.2 Å². The Hall–Kier alpha value is -3.16. The molecule has 0 aliphatic heterocycles. The quantitative estimate of drug-likeness (QED) is 0.449. The van der Waals surface area contributed by atoms with E-state index in [0.29, 0.717) is 42.1 Å². The summed E-state index contributed by atoms with van der Waals surface area (Å²) in [6.45, 7) is 1.91. The van der Waals surface area contributed by atoms with Gasteiger partial charge < -0.3 is 4.98 Å². The van der Waals surface area contributed by atoms with Crippen LogP contribution in [0.15, 0.2) is 47.3 Å². The lowest BCUT2D eigenvalue weighted by molar-refractivity contribution is -0.182. The van der Waals surface area contributed by atoms with Crippen LogP contribution >= 0.6 is 0 Å². The molecule has 0 radical (unpaired) electrons. The molecule has 1 aliphatic carbocycles. The van der Waals surface area contributed by atoms with Crippen LogP contribution in [0.3, 0.4) is 0 Å². The third-order valence-corrected chi connectivity index (χ3v) is 6.53. The van der Waals surface area contributed by atoms with Gasteiger partial charge in [0.25, 0.3) is 5.56 Å². The lowest BCUT2D eigenvalue weighted by atomic mass is 9.81. The molecular weight excluding hydrogens is 417 g/mol. The van der Waals surface area contributed by atoms with Gasteiger partial charge in [-0.25, -0.2) is 9.50 Å². The molecule has 1 saturated carbocycles. The molecule has 5 nitrogen and oxygen atoms in total. The summed E-state index contributed by atoms with van der Waals surface area (Å²) in [5.41, 5.74) is 1.50. The summed E-state index contributed by atoms with van der Waals surface area (Å²) < 4.78 is 41.0. The number of hydrogen-bond donors (Lipinski definition) is 1. The van der Waals surface area contributed by atoms with Crippen molar-refractivity contribution in [2.45, 2.75) is 51.1 Å². The highest BCUT2D eigenvalue weighted by Crippen LogP contribution is 2.42. The number of hydrogen-bond acceptors (Lipinski definition) is 3. The third kappa shape index (κ3) is 3.47. The van der Waals surface area contributed by atoms with Gasteiger partial charge >= 0.3 is 6.18 Å². The fourth-order valence-corrected chi connectivity index (χ4v) is 4.84. The molecule has 1 fully saturated rings. The first kappa shape index (κ1) is 20.7. The van der Waals surface area contributed by atoms with Crippen molar-refractivity contribution in [3.63, 3.8) is 0 Å². The summed E-state index contributed by atoms with van der Waals surface area (Å²) >= 11 is 0. The van der Waals surface area contributed by atoms with E-state index in [2.05, 4.69) is 9.97 Å². The van der Waals surface area contributed by atoms with Crippen LogP contribution in [0.5, 0.6) is 0 Å². The van der Waals surface area contributed by atoms with E-state index in [-0.39, 0.29) is 24.3 Å². The molecule has 2 heterocycles. The number of aromatic amines is 1. The van der Waals surface area contributed by atoms with Gasteiger partial charge in [-0.3, -0.25) is 4.79 Å². The second-order valence-corrected chi connectivity index (χ2v) is 8.45. The summed E-state index contributed by atoms with van der Waals surface area (Å²) in [6, 6.07) is 13.6. The highest BCUT2D eigenvalue weighted by Gasteiger charge is 2.42. The lowest BCUT2D eigenvalue weighted by Crippen LogP contribution is -2.28. The van der Waals surface area contributed by atoms with Crippen LogP contribution in [0.1, 0.15) is 50.0 Å². The number of aryl methyl sites for hydroxylation is 1. The van der Waals surface area contributed by atoms with Crippen molar-refractivity contribution in [2.75, 3.05) is 0 Å². The standard InChI is InChI=1S/C24H23F3N4O/c1-2-19-20-23(32)29-21(18-9-5-7-14-6-3-4-8-17(14)18)30-31(20)22(28-19)15-10-12-16(13-11-15)24(25,26)27/h3-9,15-16H,2,10-13H2,1H3,(H,29,30,32). The molecule has 2 aromatic heterocycles. The Bertz CT molecular complexity index is 1340. The van der Waals surface area contributed by atoms with E-state index < -0.39 is 12.1 Å². The first-order valence-corrected chi connectivity index (χ1v) is 10.9. The average Bonchev–Trinajstić information content (AvgIpc) is 3.17. The summed E-state index contributed by atoms with van der Waals surface area (Å²) in [4.78, 5) is 20.6. The topological polar surface area (TPSA) is 63.1 Å². The first-order chi connectivity index (χ1) is 15.4. The van der Waals surface area contributed by atoms with Crippen LogP contribution in [0, 0.1) is 5.92 Å². The van der Waals surface area contributed by atoms with Crippen molar-refractivity contribution in [1.29, 1.82) is 0 Å². The molecule has 2 aromatic carbocycles. The van der Waals surface area contributed by atoms with Gasteiger partial charge in [0.15, 0.2) is 11.3 Å². The zero-order chi connectivity index (χ0) is 22.5. The second kappa shape index (κ2) is 7.76. The molecule has 0 saturated heterocycles. The highest BCUT2D eigenvalue weighted by atomic mass is 19.4. The van der Waals surface area contributed by atoms with Crippen LogP contribution in [-0.2, 0) is 6.42 Å². The largest absolute Gasteiger partial charge is 0.391 e. The van der Waals surface area contributed by atoms with Crippen molar-refractivity contribution in [1.82, 2.24) is 19.6 Å². The molecule has 0 spiro atoms. The number of halogens is 3. The minimum absolute atomic E-state index is 0.0733. The molecule has 4 aromatic rings. The molecule has 32 heavy (non-hydrogen) atoms. The monoisotopic (exact) mass is 440 g/mol. The fourth-order valence-electron chi connectivity index (χ4n) is 4.84. The number of alkyl halides is 3. The van der Waals surface area contributed by atoms with Crippen LogP contribution in [0.4, 0.5) is 13.2 Å². The number of aromatic nitrogens is 4. The van der Waals surface area contributed by atoms with Gasteiger partial charge in [-0.15, -0.1) is 5.10 Å². The summed E-state index contributed by atoms with van der Waals surface area (Å²) in [6.07, 6.45) is -2.71. The Kier molecular flexibility index (Phi) is 5.03. The Morgan fingerprint density at radius 1 is 1.06 bits per heavy atom. The predicted octanol–water partition coefficient (Wildman–Crippen LogP) is 5.64. The van der Waals surface area contributed by atoms with E-state index in [1.54, 1.807) is 4.52 Å². The Morgan fingerprint density at radius 3 is 2.50 bits per heavy atom. The maximum absolute atomic E-state index is 13.1. The number of nitrogens with one attached hydrogen (secondary N) is 1. The highest BCUT2D eigenvalue weighted by molar-refractivity contribution is 5.94. The van der Waals surface area contributed by atoms with Gasteiger partial charge in [-0.2, -0.15) is 13.2 Å². The van der Waals surface area contributed by atoms with E-state index in [4.69, 9.17) is 5.10 Å². The van der Waals surface area contributed by atoms with Crippen LogP contribution in [0.2, 0.25) is 0 Å². The molecular formula is C24H23F3N4O. The SMILES string of the molecule is CCc1nc(C2CCC(C(F)(F)F)CC2)n2nc(-c3cccc4ccccc34)[nH]c(=O)c12. The predicted molar refractivity (Wildman–Crippen MR) is 117 cm³/mol. The number of imidazole rings is 1. The van der Waals surface area contributed by atoms with Crippen molar-refractivity contribution in [3.05, 3.63) is 64.3 Å². The number of rotatable bonds is 3. The van der Waals surface area contributed by atoms with E-state index in [1.807, 2.05) is 49.4 Å². The smallest absolute Gasteiger partial charge is 0.303 e.